The van der Waals surface area contributed by atoms with E-state index in [4.69, 9.17) is 0 Å². The molecule has 144 valence electrons. The van der Waals surface area contributed by atoms with E-state index in [1.54, 1.807) is 12.3 Å². The molecule has 0 aliphatic carbocycles. The van der Waals surface area contributed by atoms with Crippen molar-refractivity contribution in [3.63, 3.8) is 0 Å². The van der Waals surface area contributed by atoms with Crippen molar-refractivity contribution in [1.82, 2.24) is 24.5 Å². The van der Waals surface area contributed by atoms with Gasteiger partial charge in [-0.15, -0.1) is 10.2 Å². The van der Waals surface area contributed by atoms with Crippen LogP contribution in [0.1, 0.15) is 30.1 Å². The van der Waals surface area contributed by atoms with Crippen LogP contribution in [0.15, 0.2) is 67.0 Å². The molecule has 6 heteroatoms. The van der Waals surface area contributed by atoms with Gasteiger partial charge in [0.25, 0.3) is 0 Å². The number of amides is 1. The van der Waals surface area contributed by atoms with Gasteiger partial charge >= 0.3 is 0 Å². The Hall–Kier alpha value is -3.54. The quantitative estimate of drug-likeness (QED) is 0.506. The Morgan fingerprint density at radius 3 is 2.97 bits per heavy atom. The molecule has 0 saturated carbocycles. The van der Waals surface area contributed by atoms with Crippen LogP contribution < -0.4 is 0 Å². The summed E-state index contributed by atoms with van der Waals surface area (Å²) in [5, 5.41) is 9.71. The second-order valence-corrected chi connectivity index (χ2v) is 7.37. The van der Waals surface area contributed by atoms with Gasteiger partial charge < -0.3 is 4.90 Å². The van der Waals surface area contributed by atoms with Crippen molar-refractivity contribution in [1.29, 1.82) is 0 Å². The highest BCUT2D eigenvalue weighted by atomic mass is 16.2. The number of hydrogen-bond donors (Lipinski definition) is 0. The first-order chi connectivity index (χ1) is 14.3. The molecule has 1 aliphatic rings. The fourth-order valence-corrected chi connectivity index (χ4v) is 4.06. The standard InChI is InChI=1S/C23H21N5O/c29-21(12-11-18-7-3-6-17-8-4-13-24-22(17)18)27-14-5-9-19(16-27)23-26-25-20-10-1-2-15-28(20)23/h1-4,6-8,10-13,15,19H,5,9,14,16H2/b12-11+. The predicted octanol–water partition coefficient (Wildman–Crippen LogP) is 3.70. The summed E-state index contributed by atoms with van der Waals surface area (Å²) in [6, 6.07) is 15.8. The molecule has 1 aromatic carbocycles. The number of fused-ring (bicyclic) bond motifs is 2. The SMILES string of the molecule is O=C(/C=C/c1cccc2cccnc12)N1CCCC(c2nnc3ccccn23)C1. The number of hydrogen-bond acceptors (Lipinski definition) is 4. The number of para-hydroxylation sites is 1. The largest absolute Gasteiger partial charge is 0.338 e. The van der Waals surface area contributed by atoms with Crippen LogP contribution in [0.5, 0.6) is 0 Å². The van der Waals surface area contributed by atoms with Gasteiger partial charge in [-0.25, -0.2) is 0 Å². The normalized spacial score (nSPS) is 17.4. The van der Waals surface area contributed by atoms with Crippen LogP contribution >= 0.6 is 0 Å². The van der Waals surface area contributed by atoms with E-state index >= 15 is 0 Å². The predicted molar refractivity (Wildman–Crippen MR) is 112 cm³/mol. The van der Waals surface area contributed by atoms with Gasteiger partial charge in [-0.2, -0.15) is 0 Å². The van der Waals surface area contributed by atoms with Crippen molar-refractivity contribution < 1.29 is 4.79 Å². The van der Waals surface area contributed by atoms with Crippen LogP contribution in [0.2, 0.25) is 0 Å². The zero-order valence-corrected chi connectivity index (χ0v) is 16.0. The first kappa shape index (κ1) is 17.6. The van der Waals surface area contributed by atoms with Crippen molar-refractivity contribution >= 4 is 28.5 Å². The summed E-state index contributed by atoms with van der Waals surface area (Å²) < 4.78 is 2.02. The number of benzene rings is 1. The van der Waals surface area contributed by atoms with Crippen LogP contribution in [0, 0.1) is 0 Å². The average Bonchev–Trinajstić information content (AvgIpc) is 3.22. The molecular formula is C23H21N5O. The Balaban J connectivity index is 1.35. The molecule has 1 unspecified atom stereocenters. The number of rotatable bonds is 3. The van der Waals surface area contributed by atoms with E-state index < -0.39 is 0 Å². The van der Waals surface area contributed by atoms with E-state index in [0.29, 0.717) is 6.54 Å². The molecule has 5 rings (SSSR count). The highest BCUT2D eigenvalue weighted by Gasteiger charge is 2.27. The number of carbonyl (C=O) groups is 1. The Kier molecular flexibility index (Phi) is 4.52. The molecule has 4 heterocycles. The molecule has 29 heavy (non-hydrogen) atoms. The number of piperidine rings is 1. The molecule has 0 bridgehead atoms. The van der Waals surface area contributed by atoms with Gasteiger partial charge in [-0.3, -0.25) is 14.2 Å². The van der Waals surface area contributed by atoms with E-state index in [-0.39, 0.29) is 11.8 Å². The lowest BCUT2D eigenvalue weighted by molar-refractivity contribution is -0.127. The van der Waals surface area contributed by atoms with Crippen LogP contribution in [0.3, 0.4) is 0 Å². The van der Waals surface area contributed by atoms with Crippen molar-refractivity contribution in [2.45, 2.75) is 18.8 Å². The highest BCUT2D eigenvalue weighted by molar-refractivity contribution is 5.95. The summed E-state index contributed by atoms with van der Waals surface area (Å²) in [7, 11) is 0. The van der Waals surface area contributed by atoms with Gasteiger partial charge in [0.2, 0.25) is 5.91 Å². The lowest BCUT2D eigenvalue weighted by Crippen LogP contribution is -2.38. The summed E-state index contributed by atoms with van der Waals surface area (Å²) >= 11 is 0. The monoisotopic (exact) mass is 383 g/mol. The third-order valence-corrected chi connectivity index (χ3v) is 5.51. The molecule has 3 aromatic heterocycles. The number of nitrogens with zero attached hydrogens (tertiary/aromatic N) is 5. The van der Waals surface area contributed by atoms with Crippen LogP contribution in [0.25, 0.3) is 22.6 Å². The molecule has 1 fully saturated rings. The van der Waals surface area contributed by atoms with Gasteiger partial charge in [-0.1, -0.05) is 30.3 Å². The second-order valence-electron chi connectivity index (χ2n) is 7.37. The van der Waals surface area contributed by atoms with Gasteiger partial charge in [0.05, 0.1) is 5.52 Å². The maximum Gasteiger partial charge on any atom is 0.246 e. The molecule has 1 saturated heterocycles. The molecule has 0 N–H and O–H groups in total. The molecule has 1 atom stereocenters. The third-order valence-electron chi connectivity index (χ3n) is 5.51. The topological polar surface area (TPSA) is 63.4 Å². The number of pyridine rings is 2. The van der Waals surface area contributed by atoms with E-state index in [1.165, 1.54) is 0 Å². The van der Waals surface area contributed by atoms with Gasteiger partial charge in [0.15, 0.2) is 5.65 Å². The summed E-state index contributed by atoms with van der Waals surface area (Å²) in [5.41, 5.74) is 2.70. The first-order valence-corrected chi connectivity index (χ1v) is 9.90. The van der Waals surface area contributed by atoms with Crippen LogP contribution in [-0.2, 0) is 4.79 Å². The Bertz CT molecular complexity index is 1210. The Morgan fingerprint density at radius 2 is 2.00 bits per heavy atom. The molecule has 4 aromatic rings. The first-order valence-electron chi connectivity index (χ1n) is 9.90. The minimum atomic E-state index is 0.0245. The molecule has 0 radical (unpaired) electrons. The molecule has 1 amide bonds. The second kappa shape index (κ2) is 7.47. The van der Waals surface area contributed by atoms with Gasteiger partial charge in [0, 0.05) is 48.4 Å². The van der Waals surface area contributed by atoms with Crippen molar-refractivity contribution in [3.05, 3.63) is 78.4 Å². The maximum absolute atomic E-state index is 12.9. The minimum Gasteiger partial charge on any atom is -0.338 e. The molecule has 6 nitrogen and oxygen atoms in total. The van der Waals surface area contributed by atoms with Crippen molar-refractivity contribution in [2.24, 2.45) is 0 Å². The van der Waals surface area contributed by atoms with Crippen molar-refractivity contribution in [2.75, 3.05) is 13.1 Å². The van der Waals surface area contributed by atoms with Crippen LogP contribution in [0.4, 0.5) is 0 Å². The molecular weight excluding hydrogens is 362 g/mol. The Morgan fingerprint density at radius 1 is 1.07 bits per heavy atom. The van der Waals surface area contributed by atoms with Crippen molar-refractivity contribution in [3.8, 4) is 0 Å². The summed E-state index contributed by atoms with van der Waals surface area (Å²) in [6.45, 7) is 1.43. The zero-order valence-electron chi connectivity index (χ0n) is 16.0. The van der Waals surface area contributed by atoms with E-state index in [1.807, 2.05) is 70.1 Å². The fraction of sp³-hybridized carbons (Fsp3) is 0.217. The smallest absolute Gasteiger partial charge is 0.246 e. The lowest BCUT2D eigenvalue weighted by atomic mass is 9.97. The molecule has 1 aliphatic heterocycles. The van der Waals surface area contributed by atoms with Gasteiger partial charge in [-0.05, 0) is 37.1 Å². The van der Waals surface area contributed by atoms with E-state index in [2.05, 4.69) is 15.2 Å². The Labute approximate surface area is 168 Å². The lowest BCUT2D eigenvalue weighted by Gasteiger charge is -2.31. The number of aromatic nitrogens is 4. The number of likely N-dealkylation sites (tertiary alicyclic amines) is 1. The van der Waals surface area contributed by atoms with E-state index in [9.17, 15) is 4.79 Å². The zero-order chi connectivity index (χ0) is 19.6. The maximum atomic E-state index is 12.9. The summed E-state index contributed by atoms with van der Waals surface area (Å²) in [5.74, 6) is 1.15. The summed E-state index contributed by atoms with van der Waals surface area (Å²) in [6.07, 6.45) is 9.26. The average molecular weight is 383 g/mol. The minimum absolute atomic E-state index is 0.0245. The van der Waals surface area contributed by atoms with E-state index in [0.717, 1.165) is 47.3 Å². The number of carbonyl (C=O) groups excluding carboxylic acids is 1. The third kappa shape index (κ3) is 3.38. The van der Waals surface area contributed by atoms with Gasteiger partial charge in [0.1, 0.15) is 5.82 Å². The van der Waals surface area contributed by atoms with Crippen LogP contribution in [-0.4, -0.2) is 43.5 Å². The summed E-state index contributed by atoms with van der Waals surface area (Å²) in [4.78, 5) is 19.2. The molecule has 0 spiro atoms. The fourth-order valence-electron chi connectivity index (χ4n) is 4.06. The highest BCUT2D eigenvalue weighted by Crippen LogP contribution is 2.26.